The van der Waals surface area contributed by atoms with Gasteiger partial charge in [0, 0.05) is 57.1 Å². The maximum Gasteiger partial charge on any atom is 0.0555 e. The number of fused-ring (bicyclic) bond motifs is 10. The highest BCUT2D eigenvalue weighted by Gasteiger charge is 2.23. The number of anilines is 3. The first-order valence-corrected chi connectivity index (χ1v) is 16.2. The summed E-state index contributed by atoms with van der Waals surface area (Å²) in [6.07, 6.45) is 0. The Morgan fingerprint density at radius 1 is 0.349 bits per heavy atom. The molecule has 1 nitrogen and oxygen atoms in total. The van der Waals surface area contributed by atoms with E-state index < -0.39 is 0 Å². The van der Waals surface area contributed by atoms with Gasteiger partial charge in [-0.25, -0.2) is 0 Å². The van der Waals surface area contributed by atoms with Crippen molar-refractivity contribution in [2.75, 3.05) is 4.90 Å². The van der Waals surface area contributed by atoms with Crippen molar-refractivity contribution in [3.8, 4) is 11.1 Å². The van der Waals surface area contributed by atoms with Gasteiger partial charge in [-0.05, 0) is 59.0 Å². The molecule has 7 aromatic carbocycles. The summed E-state index contributed by atoms with van der Waals surface area (Å²) in [5.41, 5.74) is 5.94. The molecule has 0 saturated heterocycles. The maximum atomic E-state index is 2.43. The topological polar surface area (TPSA) is 3.24 Å². The van der Waals surface area contributed by atoms with E-state index in [0.717, 1.165) is 11.4 Å². The first-order valence-electron chi connectivity index (χ1n) is 14.5. The fraction of sp³-hybridized carbons (Fsp3) is 0. The Bertz CT molecular complexity index is 2440. The van der Waals surface area contributed by atoms with Gasteiger partial charge >= 0.3 is 0 Å². The van der Waals surface area contributed by atoms with Crippen LogP contribution in [0.15, 0.2) is 152 Å². The fourth-order valence-electron chi connectivity index (χ4n) is 6.55. The maximum absolute atomic E-state index is 2.43. The molecule has 0 bridgehead atoms. The summed E-state index contributed by atoms with van der Waals surface area (Å²) in [5.74, 6) is 0. The molecule has 0 amide bonds. The van der Waals surface area contributed by atoms with E-state index in [-0.39, 0.29) is 0 Å². The Balaban J connectivity index is 1.38. The highest BCUT2D eigenvalue weighted by atomic mass is 32.1. The van der Waals surface area contributed by atoms with Gasteiger partial charge < -0.3 is 4.90 Å². The van der Waals surface area contributed by atoms with Gasteiger partial charge in [0.05, 0.1) is 5.69 Å². The average molecular weight is 584 g/mol. The lowest BCUT2D eigenvalue weighted by molar-refractivity contribution is 1.30. The van der Waals surface area contributed by atoms with Crippen LogP contribution >= 0.6 is 22.7 Å². The molecule has 0 radical (unpaired) electrons. The summed E-state index contributed by atoms with van der Waals surface area (Å²) in [4.78, 5) is 2.43. The predicted molar refractivity (Wildman–Crippen MR) is 190 cm³/mol. The second-order valence-corrected chi connectivity index (χ2v) is 13.0. The van der Waals surface area contributed by atoms with Crippen molar-refractivity contribution in [3.63, 3.8) is 0 Å². The molecule has 9 aromatic rings. The molecule has 2 aromatic heterocycles. The van der Waals surface area contributed by atoms with Crippen LogP contribution in [0.1, 0.15) is 0 Å². The lowest BCUT2D eigenvalue weighted by atomic mass is 9.99. The van der Waals surface area contributed by atoms with E-state index in [4.69, 9.17) is 0 Å². The minimum Gasteiger partial charge on any atom is -0.310 e. The molecule has 0 atom stereocenters. The number of benzene rings is 7. The summed E-state index contributed by atoms with van der Waals surface area (Å²) in [7, 11) is 0. The minimum absolute atomic E-state index is 1.14. The number of thiophene rings is 2. The molecule has 0 unspecified atom stereocenters. The molecule has 0 saturated carbocycles. The van der Waals surface area contributed by atoms with E-state index in [9.17, 15) is 0 Å². The van der Waals surface area contributed by atoms with Crippen LogP contribution in [-0.2, 0) is 0 Å². The van der Waals surface area contributed by atoms with Crippen molar-refractivity contribution < 1.29 is 0 Å². The first-order chi connectivity index (χ1) is 21.3. The molecule has 43 heavy (non-hydrogen) atoms. The molecule has 9 rings (SSSR count). The quantitative estimate of drug-likeness (QED) is 0.199. The lowest BCUT2D eigenvalue weighted by Crippen LogP contribution is -2.10. The molecule has 0 aliphatic heterocycles. The van der Waals surface area contributed by atoms with E-state index in [1.165, 1.54) is 67.9 Å². The Morgan fingerprint density at radius 2 is 0.930 bits per heavy atom. The molecule has 202 valence electrons. The third-order valence-corrected chi connectivity index (χ3v) is 10.8. The van der Waals surface area contributed by atoms with E-state index in [2.05, 4.69) is 157 Å². The smallest absolute Gasteiger partial charge is 0.0555 e. The largest absolute Gasteiger partial charge is 0.310 e. The molecule has 2 heterocycles. The Labute approximate surface area is 257 Å². The van der Waals surface area contributed by atoms with E-state index in [0.29, 0.717) is 0 Å². The van der Waals surface area contributed by atoms with Gasteiger partial charge in [-0.15, -0.1) is 22.7 Å². The minimum atomic E-state index is 1.14. The Morgan fingerprint density at radius 3 is 1.72 bits per heavy atom. The van der Waals surface area contributed by atoms with Gasteiger partial charge in [0.2, 0.25) is 0 Å². The zero-order valence-electron chi connectivity index (χ0n) is 23.2. The third-order valence-electron chi connectivity index (χ3n) is 8.44. The molecule has 0 spiro atoms. The SMILES string of the molecule is c1ccc(-c2ccc(N(c3ccccc3)c3cccc4sc5c6ccccc6c6c7ccccc7sc6c5c34)cc2)cc1. The standard InChI is InChI=1S/C40H25NS2/c1-3-12-26(13-4-1)27-22-24-29(25-23-27)41(28-14-5-2-6-15-28)33-19-11-21-35-37(33)38-39(43-35)31-17-8-7-16-30(31)36-32-18-9-10-20-34(32)42-40(36)38/h1-25H. The summed E-state index contributed by atoms with van der Waals surface area (Å²) in [5, 5.41) is 8.07. The molecule has 0 N–H and O–H groups in total. The van der Waals surface area contributed by atoms with Crippen molar-refractivity contribution in [3.05, 3.63) is 152 Å². The van der Waals surface area contributed by atoms with E-state index >= 15 is 0 Å². The zero-order chi connectivity index (χ0) is 28.3. The first kappa shape index (κ1) is 24.6. The van der Waals surface area contributed by atoms with Crippen molar-refractivity contribution in [1.29, 1.82) is 0 Å². The van der Waals surface area contributed by atoms with Gasteiger partial charge in [0.1, 0.15) is 0 Å². The summed E-state index contributed by atoms with van der Waals surface area (Å²) >= 11 is 3.84. The van der Waals surface area contributed by atoms with Crippen molar-refractivity contribution >= 4 is 90.9 Å². The highest BCUT2D eigenvalue weighted by molar-refractivity contribution is 7.30. The molecule has 0 aliphatic rings. The van der Waals surface area contributed by atoms with Crippen molar-refractivity contribution in [2.24, 2.45) is 0 Å². The summed E-state index contributed by atoms with van der Waals surface area (Å²) in [6.45, 7) is 0. The Kier molecular flexibility index (Phi) is 5.62. The van der Waals surface area contributed by atoms with Crippen LogP contribution in [0.2, 0.25) is 0 Å². The van der Waals surface area contributed by atoms with Gasteiger partial charge in [-0.2, -0.15) is 0 Å². The van der Waals surface area contributed by atoms with Crippen LogP contribution in [0, 0.1) is 0 Å². The summed E-state index contributed by atoms with van der Waals surface area (Å²) in [6, 6.07) is 55.0. The zero-order valence-corrected chi connectivity index (χ0v) is 24.8. The molecule has 0 fully saturated rings. The second kappa shape index (κ2) is 9.81. The van der Waals surface area contributed by atoms with Crippen LogP contribution in [0.4, 0.5) is 17.1 Å². The van der Waals surface area contributed by atoms with Crippen LogP contribution < -0.4 is 4.90 Å². The van der Waals surface area contributed by atoms with Gasteiger partial charge in [0.15, 0.2) is 0 Å². The van der Waals surface area contributed by atoms with E-state index in [1.54, 1.807) is 0 Å². The third kappa shape index (κ3) is 3.82. The highest BCUT2D eigenvalue weighted by Crippen LogP contribution is 2.52. The van der Waals surface area contributed by atoms with Crippen LogP contribution in [-0.4, -0.2) is 0 Å². The molecule has 3 heteroatoms. The Hall–Kier alpha value is -4.96. The lowest BCUT2D eigenvalue weighted by Gasteiger charge is -2.26. The van der Waals surface area contributed by atoms with Gasteiger partial charge in [-0.1, -0.05) is 109 Å². The van der Waals surface area contributed by atoms with Crippen LogP contribution in [0.3, 0.4) is 0 Å². The molecular formula is C40H25NS2. The number of rotatable bonds is 4. The number of hydrogen-bond acceptors (Lipinski definition) is 3. The number of nitrogens with zero attached hydrogens (tertiary/aromatic N) is 1. The van der Waals surface area contributed by atoms with E-state index in [1.807, 2.05) is 22.7 Å². The molecular weight excluding hydrogens is 559 g/mol. The van der Waals surface area contributed by atoms with Gasteiger partial charge in [0.25, 0.3) is 0 Å². The normalized spacial score (nSPS) is 11.7. The van der Waals surface area contributed by atoms with Gasteiger partial charge in [-0.3, -0.25) is 0 Å². The number of para-hydroxylation sites is 1. The predicted octanol–water partition coefficient (Wildman–Crippen LogP) is 12.7. The average Bonchev–Trinajstić information content (AvgIpc) is 3.66. The van der Waals surface area contributed by atoms with Crippen LogP contribution in [0.5, 0.6) is 0 Å². The number of hydrogen-bond donors (Lipinski definition) is 0. The molecule has 0 aliphatic carbocycles. The van der Waals surface area contributed by atoms with Crippen molar-refractivity contribution in [2.45, 2.75) is 0 Å². The van der Waals surface area contributed by atoms with Crippen molar-refractivity contribution in [1.82, 2.24) is 0 Å². The fourth-order valence-corrected chi connectivity index (χ4v) is 9.16. The summed E-state index contributed by atoms with van der Waals surface area (Å²) < 4.78 is 5.39. The monoisotopic (exact) mass is 583 g/mol. The second-order valence-electron chi connectivity index (χ2n) is 10.9. The van der Waals surface area contributed by atoms with Crippen LogP contribution in [0.25, 0.3) is 62.2 Å².